The van der Waals surface area contributed by atoms with Gasteiger partial charge < -0.3 is 77.3 Å². The molecule has 0 bridgehead atoms. The predicted octanol–water partition coefficient (Wildman–Crippen LogP) is 15.1. The molecule has 0 aromatic heterocycles. The molecule has 0 aliphatic heterocycles. The van der Waals surface area contributed by atoms with Gasteiger partial charge in [0.15, 0.2) is 30.2 Å². The van der Waals surface area contributed by atoms with Gasteiger partial charge in [-0.15, -0.1) is 0 Å². The van der Waals surface area contributed by atoms with Crippen LogP contribution in [0.15, 0.2) is 305 Å². The van der Waals surface area contributed by atoms with Crippen LogP contribution >= 0.6 is 0 Å². The highest BCUT2D eigenvalue weighted by Crippen LogP contribution is 2.58. The van der Waals surface area contributed by atoms with Crippen molar-refractivity contribution < 1.29 is 140 Å². The van der Waals surface area contributed by atoms with Crippen molar-refractivity contribution in [3.8, 4) is 45.3 Å². The van der Waals surface area contributed by atoms with E-state index in [0.717, 1.165) is 127 Å². The van der Waals surface area contributed by atoms with Crippen molar-refractivity contribution in [2.45, 2.75) is 60.9 Å². The second-order valence-electron chi connectivity index (χ2n) is 32.0. The highest BCUT2D eigenvalue weighted by atomic mass is 16.6. The van der Waals surface area contributed by atoms with E-state index in [4.69, 9.17) is 56.8 Å². The number of esters is 8. The number of ether oxygens (including phenoxy) is 12. The Morgan fingerprint density at radius 2 is 0.551 bits per heavy atom. The molecule has 0 radical (unpaired) electrons. The average Bonchev–Trinajstić information content (AvgIpc) is 1.54. The van der Waals surface area contributed by atoms with E-state index in [9.17, 15) is 82.8 Å². The predicted molar refractivity (Wildman–Crippen MR) is 488 cm³/mol. The molecule has 8 unspecified atom stereocenters. The Kier molecular flexibility index (Phi) is 30.1. The quantitative estimate of drug-likeness (QED) is 0.00907. The molecule has 10 aromatic rings. The lowest BCUT2D eigenvalue weighted by molar-refractivity contribution is -0.167. The van der Waals surface area contributed by atoms with Crippen molar-refractivity contribution in [2.75, 3.05) is 52.9 Å². The molecule has 29 nitrogen and oxygen atoms in total. The van der Waals surface area contributed by atoms with Gasteiger partial charge in [0.2, 0.25) is 0 Å². The number of carbonyl (C=O) groups is 13. The third-order valence-corrected chi connectivity index (χ3v) is 23.8. The largest absolute Gasteiger partial charge is 0.490 e. The van der Waals surface area contributed by atoms with Crippen molar-refractivity contribution in [3.05, 3.63) is 383 Å². The van der Waals surface area contributed by atoms with Crippen LogP contribution in [0.25, 0.3) is 22.3 Å². The number of rotatable bonds is 42. The van der Waals surface area contributed by atoms with Crippen molar-refractivity contribution >= 4 is 77.4 Å². The van der Waals surface area contributed by atoms with E-state index in [1.807, 2.05) is 146 Å². The van der Waals surface area contributed by atoms with E-state index in [1.165, 1.54) is 0 Å². The highest BCUT2D eigenvalue weighted by molar-refractivity contribution is 6.14. The van der Waals surface area contributed by atoms with Gasteiger partial charge in [-0.1, -0.05) is 208 Å². The lowest BCUT2D eigenvalue weighted by Gasteiger charge is -2.34. The molecule has 0 saturated carbocycles. The summed E-state index contributed by atoms with van der Waals surface area (Å²) in [4.78, 5) is 170. The Hall–Kier alpha value is -16.9. The standard InChI is InChI=1S/C107H90O29/c1-5-93(108)129-59-73(133-102(121)83-27-11-9-25-81(83)98(113)114)55-125-69-43-35-65(36-44-69)106(89-29-17-13-21-77(89)78-22-14-18-30-90(78)106)67-39-47-71(48-40-67)127-57-75(61-131-95(110)7-3)135-104(123)85-51-33-63(53-87(85)100(117)118)97(112)64-34-52-86(88(54-64)101(119)120)105(124)136-76(62-132-96(111)8-4)58-128-72-49-41-68(42-50-72)107(91-31-19-15-23-79(91)80-24-16-20-32-92(80)107)66-37-45-70(46-38-66)126-56-74(60-130-94(109)6-2)134-103(122)84-28-12-10-26-82(84)99(115)116/h5-24,29-54,73-76,81-84H,1-4,25-28,55-62H2,(H,113,114)(H,115,116)(H,117,118)(H,119,120). The van der Waals surface area contributed by atoms with Crippen LogP contribution in [-0.2, 0) is 87.1 Å². The molecule has 0 heterocycles. The Morgan fingerprint density at radius 3 is 0.801 bits per heavy atom. The molecule has 0 saturated heterocycles. The first-order valence-electron chi connectivity index (χ1n) is 43.1. The second-order valence-corrected chi connectivity index (χ2v) is 32.0. The summed E-state index contributed by atoms with van der Waals surface area (Å²) < 4.78 is 69.1. The summed E-state index contributed by atoms with van der Waals surface area (Å²) in [5.41, 5.74) is 5.39. The molecule has 8 atom stereocenters. The fourth-order valence-electron chi connectivity index (χ4n) is 17.3. The maximum Gasteiger partial charge on any atom is 0.339 e. The van der Waals surface area contributed by atoms with Crippen molar-refractivity contribution in [2.24, 2.45) is 23.7 Å². The zero-order valence-electron chi connectivity index (χ0n) is 73.0. The molecule has 0 fully saturated rings. The van der Waals surface area contributed by atoms with Crippen LogP contribution in [0.3, 0.4) is 0 Å². The minimum Gasteiger partial charge on any atom is -0.490 e. The van der Waals surface area contributed by atoms with E-state index in [-0.39, 0.29) is 61.5 Å². The zero-order chi connectivity index (χ0) is 96.3. The van der Waals surface area contributed by atoms with Crippen LogP contribution < -0.4 is 18.9 Å². The molecule has 14 rings (SSSR count). The first kappa shape index (κ1) is 95.2. The summed E-state index contributed by atoms with van der Waals surface area (Å²) in [6.07, 6.45) is 5.90. The minimum atomic E-state index is -1.70. The first-order chi connectivity index (χ1) is 65.7. The summed E-state index contributed by atoms with van der Waals surface area (Å²) in [6.45, 7) is 10.2. The number of allylic oxidation sites excluding steroid dienone is 4. The maximum absolute atomic E-state index is 14.4. The number of hydrogen-bond acceptors (Lipinski definition) is 25. The summed E-state index contributed by atoms with van der Waals surface area (Å²) in [7, 11) is 0. The summed E-state index contributed by atoms with van der Waals surface area (Å²) >= 11 is 0. The molecule has 0 amide bonds. The number of ketones is 1. The maximum atomic E-state index is 14.4. The van der Waals surface area contributed by atoms with Crippen molar-refractivity contribution in [1.29, 1.82) is 0 Å². The van der Waals surface area contributed by atoms with Gasteiger partial charge in [-0.3, -0.25) is 24.0 Å². The smallest absolute Gasteiger partial charge is 0.339 e. The van der Waals surface area contributed by atoms with Gasteiger partial charge in [-0.25, -0.2) is 38.4 Å². The highest BCUT2D eigenvalue weighted by Gasteiger charge is 2.49. The summed E-state index contributed by atoms with van der Waals surface area (Å²) in [5, 5.41) is 41.0. The van der Waals surface area contributed by atoms with E-state index in [2.05, 4.69) is 26.3 Å². The number of hydrogen-bond donors (Lipinski definition) is 4. The Labute approximate surface area is 779 Å². The molecule has 4 aliphatic rings. The van der Waals surface area contributed by atoms with E-state index in [0.29, 0.717) is 11.5 Å². The van der Waals surface area contributed by atoms with E-state index >= 15 is 0 Å². The number of carboxylic acid groups (broad SMARTS) is 4. The topological polar surface area (TPSA) is 414 Å². The zero-order valence-corrected chi connectivity index (χ0v) is 73.0. The Morgan fingerprint density at radius 1 is 0.301 bits per heavy atom. The van der Waals surface area contributed by atoms with Gasteiger partial charge in [0.25, 0.3) is 0 Å². The van der Waals surface area contributed by atoms with Gasteiger partial charge in [0.05, 0.1) is 56.8 Å². The second kappa shape index (κ2) is 43.0. The Bertz CT molecular complexity index is 5910. The molecular weight excluding hydrogens is 1750 g/mol. The molecule has 0 spiro atoms. The van der Waals surface area contributed by atoms with Gasteiger partial charge in [0, 0.05) is 35.4 Å². The monoisotopic (exact) mass is 1840 g/mol. The summed E-state index contributed by atoms with van der Waals surface area (Å²) in [5.74, 6) is -16.9. The first-order valence-corrected chi connectivity index (χ1v) is 43.1. The number of carboxylic acids is 4. The van der Waals surface area contributed by atoms with Gasteiger partial charge >= 0.3 is 71.6 Å². The third kappa shape index (κ3) is 20.9. The molecule has 29 heteroatoms. The van der Waals surface area contributed by atoms with Gasteiger partial charge in [-0.2, -0.15) is 0 Å². The van der Waals surface area contributed by atoms with Gasteiger partial charge in [-0.05, 0) is 165 Å². The SMILES string of the molecule is C=CC(=O)OCC(COc1ccc(C2(c3ccc(OCC(COC(=O)C=C)OC(=O)C4CC=CCC4C(=O)O)cc3)c3ccccc3-c3ccccc32)cc1)OC(=O)c1ccc(C(=O)c2ccc(C(=O)OC(COC(=O)C=C)COc3ccc(C4(c5ccc(OCC(COC(=O)C=C)OC(=O)C6CC=CCC6C(=O)O)cc5)c5ccccc5-c5ccccc54)cc3)c(C(=O)O)c2)cc1C(=O)O. The molecular formula is C107H90O29. The van der Waals surface area contributed by atoms with Crippen LogP contribution in [0.4, 0.5) is 0 Å². The van der Waals surface area contributed by atoms with Crippen LogP contribution in [0.2, 0.25) is 0 Å². The van der Waals surface area contributed by atoms with Crippen LogP contribution in [0, 0.1) is 23.7 Å². The molecule has 10 aromatic carbocycles. The fraction of sp³-hybridized carbons (Fsp3) is 0.206. The molecule has 692 valence electrons. The molecule has 4 aliphatic carbocycles. The number of carbonyl (C=O) groups excluding carboxylic acids is 9. The van der Waals surface area contributed by atoms with Crippen LogP contribution in [-0.4, -0.2) is 175 Å². The molecule has 4 N–H and O–H groups in total. The van der Waals surface area contributed by atoms with E-state index in [1.54, 1.807) is 72.8 Å². The van der Waals surface area contributed by atoms with Crippen molar-refractivity contribution in [3.63, 3.8) is 0 Å². The lowest BCUT2D eigenvalue weighted by atomic mass is 9.68. The third-order valence-electron chi connectivity index (χ3n) is 23.8. The van der Waals surface area contributed by atoms with Gasteiger partial charge in [0.1, 0.15) is 75.9 Å². The number of aliphatic carboxylic acids is 2. The Balaban J connectivity index is 0.649. The van der Waals surface area contributed by atoms with Crippen LogP contribution in [0.5, 0.6) is 23.0 Å². The lowest BCUT2D eigenvalue weighted by Crippen LogP contribution is -2.37. The average molecular weight is 1840 g/mol. The minimum absolute atomic E-state index is 0.137. The number of fused-ring (bicyclic) bond motifs is 6. The van der Waals surface area contributed by atoms with Crippen LogP contribution in [0.1, 0.15) is 128 Å². The number of aromatic carboxylic acids is 2. The number of benzene rings is 10. The summed E-state index contributed by atoms with van der Waals surface area (Å²) in [6, 6.07) is 66.2. The molecule has 136 heavy (non-hydrogen) atoms. The fourth-order valence-corrected chi connectivity index (χ4v) is 17.3. The normalized spacial score (nSPS) is 16.2. The van der Waals surface area contributed by atoms with E-state index < -0.39 is 198 Å². The van der Waals surface area contributed by atoms with Crippen molar-refractivity contribution in [1.82, 2.24) is 0 Å².